The molecule has 0 aliphatic heterocycles. The van der Waals surface area contributed by atoms with E-state index in [1.54, 1.807) is 6.07 Å². The van der Waals surface area contributed by atoms with Gasteiger partial charge in [-0.05, 0) is 53.6 Å². The summed E-state index contributed by atoms with van der Waals surface area (Å²) in [5.41, 5.74) is -0.0396. The number of aliphatic carboxylic acids is 1. The number of carboxylic acids is 1. The number of nitrogens with one attached hydrogen (secondary N) is 2. The summed E-state index contributed by atoms with van der Waals surface area (Å²) in [6, 6.07) is 7.02. The van der Waals surface area contributed by atoms with Crippen LogP contribution in [-0.4, -0.2) is 23.7 Å². The number of hydrogen-bond acceptors (Lipinski definition) is 2. The molecular formula is C12H13IN2O3. The number of halogens is 1. The Morgan fingerprint density at radius 1 is 1.39 bits per heavy atom. The van der Waals surface area contributed by atoms with E-state index in [9.17, 15) is 9.59 Å². The summed E-state index contributed by atoms with van der Waals surface area (Å²) < 4.78 is 1.02. The third-order valence-electron chi connectivity index (χ3n) is 2.98. The number of carboxylic acid groups (broad SMARTS) is 1. The van der Waals surface area contributed by atoms with E-state index in [0.717, 1.165) is 3.57 Å². The Balaban J connectivity index is 1.84. The summed E-state index contributed by atoms with van der Waals surface area (Å²) in [5, 5.41) is 14.2. The smallest absolute Gasteiger partial charge is 0.319 e. The molecule has 0 unspecified atom stereocenters. The van der Waals surface area contributed by atoms with Crippen LogP contribution in [0.2, 0.25) is 0 Å². The van der Waals surface area contributed by atoms with Gasteiger partial charge in [0.15, 0.2) is 0 Å². The van der Waals surface area contributed by atoms with E-state index < -0.39 is 11.4 Å². The summed E-state index contributed by atoms with van der Waals surface area (Å²) in [7, 11) is 0. The summed E-state index contributed by atoms with van der Waals surface area (Å²) in [4.78, 5) is 22.5. The first-order valence-corrected chi connectivity index (χ1v) is 6.64. The highest BCUT2D eigenvalue weighted by Gasteiger charge is 2.50. The molecule has 2 amide bonds. The van der Waals surface area contributed by atoms with Crippen molar-refractivity contribution >= 4 is 40.3 Å². The lowest BCUT2D eigenvalue weighted by atomic mass is 10.1. The van der Waals surface area contributed by atoms with Gasteiger partial charge in [0.25, 0.3) is 0 Å². The van der Waals surface area contributed by atoms with E-state index >= 15 is 0 Å². The number of carbonyl (C=O) groups is 2. The van der Waals surface area contributed by atoms with Crippen LogP contribution in [-0.2, 0) is 4.79 Å². The van der Waals surface area contributed by atoms with Gasteiger partial charge in [0, 0.05) is 15.8 Å². The minimum absolute atomic E-state index is 0.179. The maximum atomic E-state index is 11.6. The van der Waals surface area contributed by atoms with Gasteiger partial charge >= 0.3 is 12.0 Å². The predicted octanol–water partition coefficient (Wildman–Crippen LogP) is 2.28. The number of amides is 2. The zero-order chi connectivity index (χ0) is 13.2. The van der Waals surface area contributed by atoms with Gasteiger partial charge in [-0.25, -0.2) is 4.79 Å². The molecule has 1 aromatic carbocycles. The highest BCUT2D eigenvalue weighted by molar-refractivity contribution is 14.1. The number of rotatable bonds is 4. The molecule has 18 heavy (non-hydrogen) atoms. The Morgan fingerprint density at radius 2 is 2.11 bits per heavy atom. The second-order valence-corrected chi connectivity index (χ2v) is 5.65. The lowest BCUT2D eigenvalue weighted by molar-refractivity contribution is -0.143. The van der Waals surface area contributed by atoms with Gasteiger partial charge in [0.05, 0.1) is 5.41 Å². The standard InChI is InChI=1S/C12H13IN2O3/c13-8-2-1-3-9(6-8)15-11(18)14-7-12(4-5-12)10(16)17/h1-3,6H,4-5,7H2,(H,16,17)(H2,14,15,18). The molecule has 0 spiro atoms. The molecule has 0 aromatic heterocycles. The van der Waals surface area contributed by atoms with E-state index in [2.05, 4.69) is 33.2 Å². The fourth-order valence-electron chi connectivity index (χ4n) is 1.61. The van der Waals surface area contributed by atoms with Crippen molar-refractivity contribution in [2.45, 2.75) is 12.8 Å². The Labute approximate surface area is 118 Å². The SMILES string of the molecule is O=C(NCC1(C(=O)O)CC1)Nc1cccc(I)c1. The fraction of sp³-hybridized carbons (Fsp3) is 0.333. The summed E-state index contributed by atoms with van der Waals surface area (Å²) >= 11 is 2.16. The van der Waals surface area contributed by atoms with Gasteiger partial charge in [-0.3, -0.25) is 4.79 Å². The van der Waals surface area contributed by atoms with E-state index in [1.165, 1.54) is 0 Å². The quantitative estimate of drug-likeness (QED) is 0.721. The van der Waals surface area contributed by atoms with Gasteiger partial charge in [0.1, 0.15) is 0 Å². The molecule has 0 bridgehead atoms. The monoisotopic (exact) mass is 360 g/mol. The van der Waals surface area contributed by atoms with Crippen LogP contribution in [0.1, 0.15) is 12.8 Å². The van der Waals surface area contributed by atoms with Crippen LogP contribution in [0.15, 0.2) is 24.3 Å². The molecule has 0 atom stereocenters. The zero-order valence-electron chi connectivity index (χ0n) is 9.57. The topological polar surface area (TPSA) is 78.4 Å². The molecule has 5 nitrogen and oxygen atoms in total. The minimum atomic E-state index is -0.836. The number of carbonyl (C=O) groups excluding carboxylic acids is 1. The first kappa shape index (κ1) is 13.1. The van der Waals surface area contributed by atoms with Gasteiger partial charge in [0.2, 0.25) is 0 Å². The lowest BCUT2D eigenvalue weighted by Crippen LogP contribution is -2.36. The fourth-order valence-corrected chi connectivity index (χ4v) is 2.15. The molecule has 1 fully saturated rings. The van der Waals surface area contributed by atoms with Crippen molar-refractivity contribution in [1.82, 2.24) is 5.32 Å². The molecule has 1 aromatic rings. The average molecular weight is 360 g/mol. The molecule has 96 valence electrons. The molecule has 0 radical (unpaired) electrons. The molecule has 0 saturated heterocycles. The highest BCUT2D eigenvalue weighted by atomic mass is 127. The molecule has 0 heterocycles. The van der Waals surface area contributed by atoms with Gasteiger partial charge < -0.3 is 15.7 Å². The van der Waals surface area contributed by atoms with Crippen LogP contribution >= 0.6 is 22.6 Å². The Kier molecular flexibility index (Phi) is 3.74. The molecule has 1 saturated carbocycles. The van der Waals surface area contributed by atoms with Crippen molar-refractivity contribution in [3.8, 4) is 0 Å². The number of hydrogen-bond donors (Lipinski definition) is 3. The van der Waals surface area contributed by atoms with Crippen molar-refractivity contribution in [2.75, 3.05) is 11.9 Å². The normalized spacial score (nSPS) is 15.8. The van der Waals surface area contributed by atoms with Gasteiger partial charge in [-0.1, -0.05) is 6.07 Å². The number of urea groups is 1. The first-order chi connectivity index (χ1) is 8.52. The van der Waals surface area contributed by atoms with Crippen molar-refractivity contribution in [3.05, 3.63) is 27.8 Å². The molecular weight excluding hydrogens is 347 g/mol. The Morgan fingerprint density at radius 3 is 2.67 bits per heavy atom. The second kappa shape index (κ2) is 5.13. The molecule has 1 aliphatic rings. The van der Waals surface area contributed by atoms with Crippen molar-refractivity contribution < 1.29 is 14.7 Å². The van der Waals surface area contributed by atoms with Crippen LogP contribution in [0.3, 0.4) is 0 Å². The number of benzene rings is 1. The predicted molar refractivity (Wildman–Crippen MR) is 75.5 cm³/mol. The number of anilines is 1. The first-order valence-electron chi connectivity index (χ1n) is 5.56. The van der Waals surface area contributed by atoms with Crippen LogP contribution in [0, 0.1) is 8.99 Å². The van der Waals surface area contributed by atoms with Crippen LogP contribution in [0.25, 0.3) is 0 Å². The Bertz CT molecular complexity index is 486. The van der Waals surface area contributed by atoms with Crippen molar-refractivity contribution in [3.63, 3.8) is 0 Å². The lowest BCUT2D eigenvalue weighted by Gasteiger charge is -2.12. The largest absolute Gasteiger partial charge is 0.481 e. The van der Waals surface area contributed by atoms with Crippen LogP contribution in [0.4, 0.5) is 10.5 Å². The van der Waals surface area contributed by atoms with Crippen molar-refractivity contribution in [2.24, 2.45) is 5.41 Å². The molecule has 2 rings (SSSR count). The Hall–Kier alpha value is -1.31. The van der Waals surface area contributed by atoms with E-state index in [0.29, 0.717) is 18.5 Å². The highest BCUT2D eigenvalue weighted by Crippen LogP contribution is 2.45. The van der Waals surface area contributed by atoms with Crippen molar-refractivity contribution in [1.29, 1.82) is 0 Å². The van der Waals surface area contributed by atoms with Crippen LogP contribution < -0.4 is 10.6 Å². The van der Waals surface area contributed by atoms with E-state index in [1.807, 2.05) is 18.2 Å². The van der Waals surface area contributed by atoms with Gasteiger partial charge in [-0.2, -0.15) is 0 Å². The molecule has 1 aliphatic carbocycles. The molecule has 6 heteroatoms. The third kappa shape index (κ3) is 3.12. The maximum absolute atomic E-state index is 11.6. The summed E-state index contributed by atoms with van der Waals surface area (Å²) in [5.74, 6) is -0.836. The summed E-state index contributed by atoms with van der Waals surface area (Å²) in [6.07, 6.45) is 1.26. The second-order valence-electron chi connectivity index (χ2n) is 4.40. The van der Waals surface area contributed by atoms with E-state index in [4.69, 9.17) is 5.11 Å². The van der Waals surface area contributed by atoms with Crippen LogP contribution in [0.5, 0.6) is 0 Å². The summed E-state index contributed by atoms with van der Waals surface area (Å²) in [6.45, 7) is 0.179. The van der Waals surface area contributed by atoms with Gasteiger partial charge in [-0.15, -0.1) is 0 Å². The van der Waals surface area contributed by atoms with E-state index in [-0.39, 0.29) is 12.6 Å². The average Bonchev–Trinajstić information content (AvgIpc) is 3.07. The molecule has 3 N–H and O–H groups in total. The minimum Gasteiger partial charge on any atom is -0.481 e. The maximum Gasteiger partial charge on any atom is 0.319 e. The zero-order valence-corrected chi connectivity index (χ0v) is 11.7. The third-order valence-corrected chi connectivity index (χ3v) is 3.65.